The van der Waals surface area contributed by atoms with Crippen LogP contribution in [0.5, 0.6) is 0 Å². The van der Waals surface area contributed by atoms with E-state index < -0.39 is 21.8 Å². The van der Waals surface area contributed by atoms with Gasteiger partial charge in [-0.1, -0.05) is 46.0 Å². The number of nitrogens with zero attached hydrogens (tertiary/aromatic N) is 2. The second-order valence-corrected chi connectivity index (χ2v) is 13.1. The first-order valence-electron chi connectivity index (χ1n) is 8.84. The molecule has 0 amide bonds. The number of thioether (sulfide) groups is 1. The van der Waals surface area contributed by atoms with E-state index >= 15 is 0 Å². The SMILES string of the molecule is O=C(O)C[n+]1c(C=C2Sc3ccc(Cl)cc3N2CCCS(=O)(=O)[O-])sc2cc(Br)sc21. The molecule has 0 unspecified atom stereocenters. The van der Waals surface area contributed by atoms with Crippen molar-refractivity contribution in [1.82, 2.24) is 0 Å². The molecule has 1 aromatic carbocycles. The number of carboxylic acid groups (broad SMARTS) is 1. The molecule has 0 spiro atoms. The Labute approximate surface area is 203 Å². The lowest BCUT2D eigenvalue weighted by Gasteiger charge is -2.20. The lowest BCUT2D eigenvalue weighted by molar-refractivity contribution is -0.655. The normalized spacial score (nSPS) is 15.2. The smallest absolute Gasteiger partial charge is 0.370 e. The van der Waals surface area contributed by atoms with Gasteiger partial charge in [0, 0.05) is 22.2 Å². The first-order valence-corrected chi connectivity index (χ1v) is 14.0. The summed E-state index contributed by atoms with van der Waals surface area (Å²) in [6, 6.07) is 7.42. The lowest BCUT2D eigenvalue weighted by Crippen LogP contribution is -2.38. The monoisotopic (exact) mass is 580 g/mol. The Morgan fingerprint density at radius 1 is 1.32 bits per heavy atom. The molecule has 7 nitrogen and oxygen atoms in total. The largest absolute Gasteiger partial charge is 0.748 e. The number of carboxylic acids is 1. The van der Waals surface area contributed by atoms with Crippen LogP contribution < -0.4 is 9.47 Å². The minimum absolute atomic E-state index is 0.164. The van der Waals surface area contributed by atoms with Crippen LogP contribution >= 0.6 is 62.0 Å². The fourth-order valence-corrected chi connectivity index (χ4v) is 8.06. The van der Waals surface area contributed by atoms with Gasteiger partial charge in [0.15, 0.2) is 0 Å². The van der Waals surface area contributed by atoms with Crippen molar-refractivity contribution in [1.29, 1.82) is 0 Å². The number of aromatic nitrogens is 1. The Balaban J connectivity index is 1.74. The summed E-state index contributed by atoms with van der Waals surface area (Å²) in [6.45, 7) is 0.141. The highest BCUT2D eigenvalue weighted by Crippen LogP contribution is 2.48. The molecule has 1 N–H and O–H groups in total. The van der Waals surface area contributed by atoms with Gasteiger partial charge in [0.05, 0.1) is 30.7 Å². The van der Waals surface area contributed by atoms with Crippen LogP contribution in [-0.4, -0.2) is 36.3 Å². The summed E-state index contributed by atoms with van der Waals surface area (Å²) in [7, 11) is -4.31. The Hall–Kier alpha value is -1.15. The maximum absolute atomic E-state index is 11.5. The van der Waals surface area contributed by atoms with Crippen molar-refractivity contribution >= 4 is 99.3 Å². The number of hydrogen-bond donors (Lipinski definition) is 1. The zero-order valence-corrected chi connectivity index (χ0v) is 21.2. The molecule has 3 heterocycles. The van der Waals surface area contributed by atoms with Crippen molar-refractivity contribution in [2.45, 2.75) is 17.9 Å². The first-order chi connectivity index (χ1) is 14.6. The molecular weight excluding hydrogens is 568 g/mol. The summed E-state index contributed by atoms with van der Waals surface area (Å²) in [5.74, 6) is -1.40. The van der Waals surface area contributed by atoms with Crippen molar-refractivity contribution in [3.05, 3.63) is 43.1 Å². The van der Waals surface area contributed by atoms with Gasteiger partial charge >= 0.3 is 5.97 Å². The van der Waals surface area contributed by atoms with Crippen molar-refractivity contribution in [2.75, 3.05) is 17.2 Å². The average Bonchev–Trinajstić information content (AvgIpc) is 3.27. The van der Waals surface area contributed by atoms with Crippen molar-refractivity contribution < 1.29 is 27.4 Å². The van der Waals surface area contributed by atoms with Crippen molar-refractivity contribution in [3.63, 3.8) is 0 Å². The van der Waals surface area contributed by atoms with Gasteiger partial charge in [0.1, 0.15) is 4.70 Å². The summed E-state index contributed by atoms with van der Waals surface area (Å²) < 4.78 is 36.8. The average molecular weight is 582 g/mol. The zero-order chi connectivity index (χ0) is 22.3. The maximum atomic E-state index is 11.5. The van der Waals surface area contributed by atoms with Crippen LogP contribution in [-0.2, 0) is 21.5 Å². The van der Waals surface area contributed by atoms with E-state index in [1.54, 1.807) is 16.7 Å². The highest BCUT2D eigenvalue weighted by Gasteiger charge is 2.29. The van der Waals surface area contributed by atoms with E-state index in [9.17, 15) is 22.9 Å². The molecule has 164 valence electrons. The standard InChI is InChI=1S/C18H14BrClN2O5S4/c19-14-7-13-18(30-14)22(9-17(23)24)16(29-13)8-15-21(4-1-5-31(25,26)27)11-6-10(20)2-3-12(11)28-15/h2-3,6-8H,1,4-5,9H2,(H-,23,24,25,26,27). The lowest BCUT2D eigenvalue weighted by atomic mass is 10.2. The fourth-order valence-electron chi connectivity index (χ4n) is 3.18. The molecule has 13 heteroatoms. The molecule has 31 heavy (non-hydrogen) atoms. The maximum Gasteiger partial charge on any atom is 0.370 e. The van der Waals surface area contributed by atoms with E-state index in [1.165, 1.54) is 34.4 Å². The van der Waals surface area contributed by atoms with Crippen LogP contribution in [0, 0.1) is 0 Å². The van der Waals surface area contributed by atoms with Crippen LogP contribution in [0.2, 0.25) is 5.02 Å². The van der Waals surface area contributed by atoms with Gasteiger partial charge in [0.2, 0.25) is 6.54 Å². The van der Waals surface area contributed by atoms with Gasteiger partial charge in [-0.15, -0.1) is 0 Å². The number of carbonyl (C=O) groups is 1. The summed E-state index contributed by atoms with van der Waals surface area (Å²) in [4.78, 5) is 15.2. The second kappa shape index (κ2) is 9.00. The first kappa shape index (κ1) is 23.0. The molecule has 0 radical (unpaired) electrons. The number of hydrogen-bond acceptors (Lipinski definition) is 8. The highest BCUT2D eigenvalue weighted by molar-refractivity contribution is 9.11. The molecule has 0 atom stereocenters. The van der Waals surface area contributed by atoms with Gasteiger partial charge in [-0.2, -0.15) is 4.57 Å². The number of halogens is 2. The minimum Gasteiger partial charge on any atom is -0.748 e. The second-order valence-electron chi connectivity index (χ2n) is 6.60. The van der Waals surface area contributed by atoms with Crippen LogP contribution in [0.1, 0.15) is 11.4 Å². The van der Waals surface area contributed by atoms with E-state index in [0.717, 1.165) is 33.9 Å². The molecule has 1 aliphatic rings. The third-order valence-corrected chi connectivity index (χ3v) is 9.39. The third kappa shape index (κ3) is 5.27. The quantitative estimate of drug-likeness (QED) is 0.321. The molecule has 1 aliphatic heterocycles. The molecule has 0 saturated carbocycles. The van der Waals surface area contributed by atoms with E-state index in [4.69, 9.17) is 11.6 Å². The van der Waals surface area contributed by atoms with Crippen molar-refractivity contribution in [2.24, 2.45) is 0 Å². The van der Waals surface area contributed by atoms with Crippen LogP contribution in [0.15, 0.2) is 38.0 Å². The molecule has 3 aromatic rings. The van der Waals surface area contributed by atoms with E-state index in [1.807, 2.05) is 23.1 Å². The van der Waals surface area contributed by atoms with Crippen molar-refractivity contribution in [3.8, 4) is 0 Å². The minimum atomic E-state index is -4.31. The van der Waals surface area contributed by atoms with Crippen LogP contribution in [0.3, 0.4) is 0 Å². The van der Waals surface area contributed by atoms with Crippen LogP contribution in [0.25, 0.3) is 15.6 Å². The molecule has 2 aromatic heterocycles. The Morgan fingerprint density at radius 2 is 2.10 bits per heavy atom. The van der Waals surface area contributed by atoms with Gasteiger partial charge in [-0.25, -0.2) is 13.2 Å². The van der Waals surface area contributed by atoms with Crippen LogP contribution in [0.4, 0.5) is 5.69 Å². The van der Waals surface area contributed by atoms with E-state index in [-0.39, 0.29) is 13.0 Å². The van der Waals surface area contributed by atoms with Gasteiger partial charge in [-0.3, -0.25) is 0 Å². The van der Waals surface area contributed by atoms with E-state index in [2.05, 4.69) is 15.9 Å². The molecule has 0 fully saturated rings. The Kier molecular flexibility index (Phi) is 6.69. The number of thiophene rings is 1. The third-order valence-electron chi connectivity index (χ3n) is 4.38. The summed E-state index contributed by atoms with van der Waals surface area (Å²) >= 11 is 14.0. The fraction of sp³-hybridized carbons (Fsp3) is 0.222. The van der Waals surface area contributed by atoms with Gasteiger partial charge in [0.25, 0.3) is 9.84 Å². The Bertz CT molecular complexity index is 1320. The number of benzene rings is 1. The predicted octanol–water partition coefficient (Wildman–Crippen LogP) is 4.60. The summed E-state index contributed by atoms with van der Waals surface area (Å²) in [5, 5.41) is 11.5. The zero-order valence-electron chi connectivity index (χ0n) is 15.6. The number of anilines is 1. The summed E-state index contributed by atoms with van der Waals surface area (Å²) in [6.07, 6.45) is 2.07. The molecule has 0 aliphatic carbocycles. The topological polar surface area (TPSA) is 102 Å². The number of fused-ring (bicyclic) bond motifs is 2. The number of aliphatic carboxylic acids is 1. The number of thiazole rings is 1. The van der Waals surface area contributed by atoms with Gasteiger partial charge in [-0.05, 0) is 46.6 Å². The molecular formula is C18H14BrClN2O5S4. The molecule has 0 bridgehead atoms. The molecule has 4 rings (SSSR count). The Morgan fingerprint density at radius 3 is 2.81 bits per heavy atom. The van der Waals surface area contributed by atoms with Gasteiger partial charge < -0.3 is 14.6 Å². The number of rotatable bonds is 7. The van der Waals surface area contributed by atoms with E-state index in [0.29, 0.717) is 11.6 Å². The highest BCUT2D eigenvalue weighted by atomic mass is 79.9. The molecule has 0 saturated heterocycles. The summed E-state index contributed by atoms with van der Waals surface area (Å²) in [5.41, 5.74) is 0.831. The predicted molar refractivity (Wildman–Crippen MR) is 127 cm³/mol.